The van der Waals surface area contributed by atoms with Crippen LogP contribution in [0.5, 0.6) is 0 Å². The molecule has 5 nitrogen and oxygen atoms in total. The van der Waals surface area contributed by atoms with Crippen molar-refractivity contribution in [1.29, 1.82) is 5.26 Å². The molecule has 18 heavy (non-hydrogen) atoms. The molecule has 5 heteroatoms. The maximum absolute atomic E-state index is 10.6. The first-order valence-electron chi connectivity index (χ1n) is 5.24. The van der Waals surface area contributed by atoms with Gasteiger partial charge in [0.2, 0.25) is 0 Å². The Morgan fingerprint density at radius 2 is 2.17 bits per heavy atom. The summed E-state index contributed by atoms with van der Waals surface area (Å²) in [6.07, 6.45) is 3.27. The third-order valence-corrected chi connectivity index (χ3v) is 1.95. The quantitative estimate of drug-likeness (QED) is 0.471. The van der Waals surface area contributed by atoms with Crippen molar-refractivity contribution in [1.82, 2.24) is 0 Å². The zero-order chi connectivity index (χ0) is 13.2. The Morgan fingerprint density at radius 1 is 1.44 bits per heavy atom. The minimum absolute atomic E-state index is 0.150. The van der Waals surface area contributed by atoms with Crippen molar-refractivity contribution in [2.45, 2.75) is 6.42 Å². The van der Waals surface area contributed by atoms with Crippen LogP contribution in [0.15, 0.2) is 41.6 Å². The lowest BCUT2D eigenvalue weighted by molar-refractivity contribution is -0.129. The second-order valence-corrected chi connectivity index (χ2v) is 3.29. The summed E-state index contributed by atoms with van der Waals surface area (Å²) in [7, 11) is 0. The molecule has 0 bridgehead atoms. The highest BCUT2D eigenvalue weighted by Gasteiger charge is 2.08. The Hall–Kier alpha value is -2.61. The van der Waals surface area contributed by atoms with E-state index in [0.29, 0.717) is 0 Å². The van der Waals surface area contributed by atoms with Crippen LogP contribution in [0, 0.1) is 11.3 Å². The van der Waals surface area contributed by atoms with Crippen LogP contribution in [-0.2, 0) is 9.63 Å². The van der Waals surface area contributed by atoms with E-state index in [1.54, 1.807) is 12.1 Å². The van der Waals surface area contributed by atoms with E-state index in [0.717, 1.165) is 5.56 Å². The minimum atomic E-state index is -1.25. The Morgan fingerprint density at radius 3 is 2.78 bits per heavy atom. The lowest BCUT2D eigenvalue weighted by Gasteiger charge is -1.96. The number of oxime groups is 1. The summed E-state index contributed by atoms with van der Waals surface area (Å²) in [4.78, 5) is 15.4. The van der Waals surface area contributed by atoms with Gasteiger partial charge >= 0.3 is 5.97 Å². The molecule has 1 aromatic rings. The predicted molar refractivity (Wildman–Crippen MR) is 66.7 cm³/mol. The molecule has 0 spiro atoms. The smallest absolute Gasteiger partial charge is 0.354 e. The fourth-order valence-electron chi connectivity index (χ4n) is 1.13. The maximum Gasteiger partial charge on any atom is 0.354 e. The SMILES string of the molecule is N#CCC(=NOC/C=C/c1ccccc1)C(=O)O. The average Bonchev–Trinajstić information content (AvgIpc) is 2.38. The number of carboxylic acids is 1. The van der Waals surface area contributed by atoms with Crippen LogP contribution in [0.4, 0.5) is 0 Å². The fraction of sp³-hybridized carbons (Fsp3) is 0.154. The molecule has 0 saturated carbocycles. The van der Waals surface area contributed by atoms with Gasteiger partial charge in [-0.1, -0.05) is 41.6 Å². The number of hydrogen-bond acceptors (Lipinski definition) is 4. The molecule has 1 rings (SSSR count). The molecule has 0 saturated heterocycles. The van der Waals surface area contributed by atoms with Crippen molar-refractivity contribution in [2.75, 3.05) is 6.61 Å². The maximum atomic E-state index is 10.6. The van der Waals surface area contributed by atoms with Gasteiger partial charge < -0.3 is 9.94 Å². The molecule has 0 heterocycles. The molecule has 0 atom stereocenters. The first-order chi connectivity index (χ1) is 8.74. The largest absolute Gasteiger partial charge is 0.477 e. The predicted octanol–water partition coefficient (Wildman–Crippen LogP) is 2.07. The van der Waals surface area contributed by atoms with E-state index >= 15 is 0 Å². The second kappa shape index (κ2) is 7.63. The molecule has 0 unspecified atom stereocenters. The van der Waals surface area contributed by atoms with Crippen molar-refractivity contribution in [3.05, 3.63) is 42.0 Å². The summed E-state index contributed by atoms with van der Waals surface area (Å²) in [5.41, 5.74) is 0.714. The van der Waals surface area contributed by atoms with Gasteiger partial charge in [0, 0.05) is 0 Å². The van der Waals surface area contributed by atoms with Gasteiger partial charge in [-0.25, -0.2) is 4.79 Å². The number of benzene rings is 1. The third-order valence-electron chi connectivity index (χ3n) is 1.95. The average molecular weight is 244 g/mol. The van der Waals surface area contributed by atoms with Gasteiger partial charge in [-0.3, -0.25) is 0 Å². The van der Waals surface area contributed by atoms with Crippen LogP contribution < -0.4 is 0 Å². The van der Waals surface area contributed by atoms with Gasteiger partial charge in [-0.2, -0.15) is 5.26 Å². The molecule has 0 aromatic heterocycles. The summed E-state index contributed by atoms with van der Waals surface area (Å²) >= 11 is 0. The number of rotatable bonds is 6. The lowest BCUT2D eigenvalue weighted by atomic mass is 10.2. The third kappa shape index (κ3) is 4.94. The van der Waals surface area contributed by atoms with Crippen LogP contribution >= 0.6 is 0 Å². The molecular weight excluding hydrogens is 232 g/mol. The van der Waals surface area contributed by atoms with E-state index < -0.39 is 5.97 Å². The van der Waals surface area contributed by atoms with Crippen molar-refractivity contribution in [3.8, 4) is 6.07 Å². The summed E-state index contributed by atoms with van der Waals surface area (Å²) < 4.78 is 0. The van der Waals surface area contributed by atoms with Crippen molar-refractivity contribution in [2.24, 2.45) is 5.16 Å². The van der Waals surface area contributed by atoms with Crippen LogP contribution in [0.2, 0.25) is 0 Å². The van der Waals surface area contributed by atoms with Gasteiger partial charge in [0.1, 0.15) is 6.61 Å². The van der Waals surface area contributed by atoms with E-state index in [-0.39, 0.29) is 18.7 Å². The van der Waals surface area contributed by atoms with Crippen molar-refractivity contribution >= 4 is 17.8 Å². The molecule has 0 radical (unpaired) electrons. The van der Waals surface area contributed by atoms with Crippen LogP contribution in [0.3, 0.4) is 0 Å². The van der Waals surface area contributed by atoms with Crippen molar-refractivity contribution < 1.29 is 14.7 Å². The number of carbonyl (C=O) groups is 1. The van der Waals surface area contributed by atoms with Crippen LogP contribution in [0.25, 0.3) is 6.08 Å². The zero-order valence-corrected chi connectivity index (χ0v) is 9.61. The van der Waals surface area contributed by atoms with E-state index in [1.165, 1.54) is 0 Å². The van der Waals surface area contributed by atoms with Gasteiger partial charge in [-0.05, 0) is 11.6 Å². The number of carboxylic acid groups (broad SMARTS) is 1. The topological polar surface area (TPSA) is 82.7 Å². The van der Waals surface area contributed by atoms with Crippen LogP contribution in [0.1, 0.15) is 12.0 Å². The number of aliphatic carboxylic acids is 1. The highest BCUT2D eigenvalue weighted by molar-refractivity contribution is 6.35. The molecule has 0 fully saturated rings. The van der Waals surface area contributed by atoms with Gasteiger partial charge in [0.15, 0.2) is 5.71 Å². The Balaban J connectivity index is 2.42. The molecule has 0 aliphatic rings. The number of nitrogens with zero attached hydrogens (tertiary/aromatic N) is 2. The van der Waals surface area contributed by atoms with E-state index in [9.17, 15) is 4.79 Å². The first kappa shape index (κ1) is 13.5. The minimum Gasteiger partial charge on any atom is -0.477 e. The Labute approximate surface area is 105 Å². The normalized spacial score (nSPS) is 11.2. The Kier molecular flexibility index (Phi) is 5.70. The highest BCUT2D eigenvalue weighted by atomic mass is 16.6. The summed E-state index contributed by atoms with van der Waals surface area (Å²) in [6.45, 7) is 0.150. The van der Waals surface area contributed by atoms with Crippen molar-refractivity contribution in [3.63, 3.8) is 0 Å². The Bertz CT molecular complexity index is 487. The number of nitriles is 1. The molecule has 0 aliphatic heterocycles. The van der Waals surface area contributed by atoms with Gasteiger partial charge in [-0.15, -0.1) is 0 Å². The lowest BCUT2D eigenvalue weighted by Crippen LogP contribution is -2.12. The highest BCUT2D eigenvalue weighted by Crippen LogP contribution is 2.00. The fourth-order valence-corrected chi connectivity index (χ4v) is 1.13. The van der Waals surface area contributed by atoms with Gasteiger partial charge in [0.25, 0.3) is 0 Å². The molecule has 0 amide bonds. The molecule has 92 valence electrons. The van der Waals surface area contributed by atoms with E-state index in [4.69, 9.17) is 15.2 Å². The summed E-state index contributed by atoms with van der Waals surface area (Å²) in [5, 5.41) is 20.4. The molecule has 1 aromatic carbocycles. The number of hydrogen-bond donors (Lipinski definition) is 1. The van der Waals surface area contributed by atoms with E-state index in [2.05, 4.69) is 5.16 Å². The van der Waals surface area contributed by atoms with E-state index in [1.807, 2.05) is 36.4 Å². The monoisotopic (exact) mass is 244 g/mol. The second-order valence-electron chi connectivity index (χ2n) is 3.29. The molecule has 0 aliphatic carbocycles. The molecule has 1 N–H and O–H groups in total. The first-order valence-corrected chi connectivity index (χ1v) is 5.24. The zero-order valence-electron chi connectivity index (χ0n) is 9.61. The van der Waals surface area contributed by atoms with Gasteiger partial charge in [0.05, 0.1) is 12.5 Å². The summed E-state index contributed by atoms with van der Waals surface area (Å²) in [5.74, 6) is -1.25. The summed E-state index contributed by atoms with van der Waals surface area (Å²) in [6, 6.07) is 11.3. The van der Waals surface area contributed by atoms with Crippen LogP contribution in [-0.4, -0.2) is 23.4 Å². The molecular formula is C13H12N2O3. The standard InChI is InChI=1S/C13H12N2O3/c14-9-8-12(13(16)17)15-18-10-4-7-11-5-2-1-3-6-11/h1-7H,8,10H2,(H,16,17)/b7-4+,15-12?.